The van der Waals surface area contributed by atoms with Gasteiger partial charge in [-0.15, -0.1) is 0 Å². The monoisotopic (exact) mass is 442 g/mol. The van der Waals surface area contributed by atoms with Gasteiger partial charge in [-0.25, -0.2) is 0 Å². The molecule has 3 aromatic carbocycles. The first kappa shape index (κ1) is 19.7. The molecule has 2 amide bonds. The maximum absolute atomic E-state index is 13.3. The Kier molecular flexibility index (Phi) is 4.68. The normalized spacial score (nSPS) is 18.5. The summed E-state index contributed by atoms with van der Waals surface area (Å²) < 4.78 is 16.8. The zero-order chi connectivity index (χ0) is 22.4. The van der Waals surface area contributed by atoms with Crippen molar-refractivity contribution in [3.63, 3.8) is 0 Å². The molecule has 1 atom stereocenters. The fraction of sp³-hybridized carbons (Fsp3) is 0.231. The molecule has 0 aromatic heterocycles. The number of carbonyl (C=O) groups excluding carboxylic acids is 2. The molecular formula is C26H22N2O5. The molecule has 3 heterocycles. The Hall–Kier alpha value is -4.00. The SMILES string of the molecule is O=C(NCC1CC(=O)N(c2ccc3c(c2)OCO3)C1)C1c2ccccc2Oc2ccccc21. The van der Waals surface area contributed by atoms with Crippen LogP contribution in [-0.4, -0.2) is 31.7 Å². The van der Waals surface area contributed by atoms with E-state index in [-0.39, 0.29) is 24.5 Å². The lowest BCUT2D eigenvalue weighted by atomic mass is 9.87. The average Bonchev–Trinajstić information content (AvgIpc) is 3.46. The van der Waals surface area contributed by atoms with E-state index < -0.39 is 5.92 Å². The summed E-state index contributed by atoms with van der Waals surface area (Å²) in [5.41, 5.74) is 2.47. The minimum absolute atomic E-state index is 0.0252. The standard InChI is InChI=1S/C26H22N2O5/c29-24-11-16(14-28(24)17-9-10-22-23(12-17)32-15-31-22)13-27-26(30)25-18-5-1-3-7-20(18)33-21-8-4-2-6-19(21)25/h1-10,12,16,25H,11,13-15H2,(H,27,30). The molecule has 0 saturated carbocycles. The van der Waals surface area contributed by atoms with Crippen LogP contribution in [0.3, 0.4) is 0 Å². The first-order valence-corrected chi connectivity index (χ1v) is 11.0. The largest absolute Gasteiger partial charge is 0.457 e. The van der Waals surface area contributed by atoms with Gasteiger partial charge in [0.05, 0.1) is 5.92 Å². The van der Waals surface area contributed by atoms with E-state index in [2.05, 4.69) is 5.32 Å². The van der Waals surface area contributed by atoms with Crippen LogP contribution in [0.1, 0.15) is 23.5 Å². The fourth-order valence-electron chi connectivity index (χ4n) is 4.76. The van der Waals surface area contributed by atoms with Crippen LogP contribution in [0.4, 0.5) is 5.69 Å². The number of amides is 2. The van der Waals surface area contributed by atoms with Gasteiger partial charge in [-0.1, -0.05) is 36.4 Å². The highest BCUT2D eigenvalue weighted by molar-refractivity contribution is 5.96. The third-order valence-corrected chi connectivity index (χ3v) is 6.38. The van der Waals surface area contributed by atoms with E-state index in [1.165, 1.54) is 0 Å². The Labute approximate surface area is 190 Å². The van der Waals surface area contributed by atoms with Crippen molar-refractivity contribution in [1.82, 2.24) is 5.32 Å². The topological polar surface area (TPSA) is 77.1 Å². The second-order valence-corrected chi connectivity index (χ2v) is 8.47. The van der Waals surface area contributed by atoms with Crippen LogP contribution in [0.15, 0.2) is 66.7 Å². The van der Waals surface area contributed by atoms with Gasteiger partial charge in [0, 0.05) is 48.3 Å². The smallest absolute Gasteiger partial charge is 0.232 e. The van der Waals surface area contributed by atoms with Crippen LogP contribution in [0.2, 0.25) is 0 Å². The van der Waals surface area contributed by atoms with Crippen LogP contribution < -0.4 is 24.4 Å². The Morgan fingerprint density at radius 3 is 2.36 bits per heavy atom. The zero-order valence-corrected chi connectivity index (χ0v) is 17.8. The number of ether oxygens (including phenoxy) is 3. The van der Waals surface area contributed by atoms with Crippen molar-refractivity contribution in [2.75, 3.05) is 24.8 Å². The highest BCUT2D eigenvalue weighted by Crippen LogP contribution is 2.44. The summed E-state index contributed by atoms with van der Waals surface area (Å²) in [5.74, 6) is 2.25. The van der Waals surface area contributed by atoms with Crippen LogP contribution in [0.25, 0.3) is 0 Å². The van der Waals surface area contributed by atoms with Crippen molar-refractivity contribution in [3.05, 3.63) is 77.9 Å². The average molecular weight is 442 g/mol. The van der Waals surface area contributed by atoms with Crippen molar-refractivity contribution < 1.29 is 23.8 Å². The van der Waals surface area contributed by atoms with E-state index in [0.717, 1.165) is 16.8 Å². The first-order valence-electron chi connectivity index (χ1n) is 11.0. The lowest BCUT2D eigenvalue weighted by Gasteiger charge is -2.27. The summed E-state index contributed by atoms with van der Waals surface area (Å²) >= 11 is 0. The summed E-state index contributed by atoms with van der Waals surface area (Å²) in [6.07, 6.45) is 0.385. The molecule has 3 aliphatic heterocycles. The molecule has 1 saturated heterocycles. The Morgan fingerprint density at radius 2 is 1.61 bits per heavy atom. The molecule has 3 aromatic rings. The number of hydrogen-bond donors (Lipinski definition) is 1. The van der Waals surface area contributed by atoms with Gasteiger partial charge >= 0.3 is 0 Å². The van der Waals surface area contributed by atoms with Crippen molar-refractivity contribution in [1.29, 1.82) is 0 Å². The van der Waals surface area contributed by atoms with Crippen molar-refractivity contribution in [2.24, 2.45) is 5.92 Å². The molecule has 0 bridgehead atoms. The van der Waals surface area contributed by atoms with Gasteiger partial charge < -0.3 is 24.4 Å². The van der Waals surface area contributed by atoms with Crippen LogP contribution in [0.5, 0.6) is 23.0 Å². The molecule has 0 spiro atoms. The number of benzene rings is 3. The summed E-state index contributed by atoms with van der Waals surface area (Å²) in [4.78, 5) is 27.8. The third kappa shape index (κ3) is 3.46. The number of rotatable bonds is 4. The molecule has 1 unspecified atom stereocenters. The van der Waals surface area contributed by atoms with Gasteiger partial charge in [0.1, 0.15) is 11.5 Å². The van der Waals surface area contributed by atoms with Crippen molar-refractivity contribution >= 4 is 17.5 Å². The summed E-state index contributed by atoms with van der Waals surface area (Å²) in [6, 6.07) is 20.7. The highest BCUT2D eigenvalue weighted by atomic mass is 16.7. The zero-order valence-electron chi connectivity index (χ0n) is 17.8. The lowest BCUT2D eigenvalue weighted by molar-refractivity contribution is -0.122. The number of nitrogens with zero attached hydrogens (tertiary/aromatic N) is 1. The quantitative estimate of drug-likeness (QED) is 0.665. The molecule has 3 aliphatic rings. The molecule has 1 fully saturated rings. The second-order valence-electron chi connectivity index (χ2n) is 8.47. The first-order chi connectivity index (χ1) is 16.2. The van der Waals surface area contributed by atoms with Crippen LogP contribution >= 0.6 is 0 Å². The highest BCUT2D eigenvalue weighted by Gasteiger charge is 2.35. The van der Waals surface area contributed by atoms with E-state index in [9.17, 15) is 9.59 Å². The minimum atomic E-state index is -0.451. The molecule has 7 heteroatoms. The molecule has 0 aliphatic carbocycles. The van der Waals surface area contributed by atoms with Gasteiger partial charge in [-0.2, -0.15) is 0 Å². The fourth-order valence-corrected chi connectivity index (χ4v) is 4.76. The van der Waals surface area contributed by atoms with E-state index in [4.69, 9.17) is 14.2 Å². The maximum atomic E-state index is 13.3. The Balaban J connectivity index is 1.17. The van der Waals surface area contributed by atoms with Gasteiger partial charge in [-0.05, 0) is 24.3 Å². The predicted molar refractivity (Wildman–Crippen MR) is 121 cm³/mol. The molecule has 33 heavy (non-hydrogen) atoms. The summed E-state index contributed by atoms with van der Waals surface area (Å²) in [7, 11) is 0. The van der Waals surface area contributed by atoms with Gasteiger partial charge in [0.2, 0.25) is 18.6 Å². The molecule has 0 radical (unpaired) electrons. The Morgan fingerprint density at radius 1 is 0.909 bits per heavy atom. The summed E-state index contributed by atoms with van der Waals surface area (Å²) in [6.45, 7) is 1.16. The van der Waals surface area contributed by atoms with Gasteiger partial charge in [0.25, 0.3) is 0 Å². The van der Waals surface area contributed by atoms with Crippen molar-refractivity contribution in [2.45, 2.75) is 12.3 Å². The molecule has 6 rings (SSSR count). The number of para-hydroxylation sites is 2. The van der Waals surface area contributed by atoms with E-state index in [1.807, 2.05) is 66.7 Å². The predicted octanol–water partition coefficient (Wildman–Crippen LogP) is 3.82. The minimum Gasteiger partial charge on any atom is -0.457 e. The number of anilines is 1. The summed E-state index contributed by atoms with van der Waals surface area (Å²) in [5, 5.41) is 3.09. The van der Waals surface area contributed by atoms with E-state index in [1.54, 1.807) is 4.90 Å². The van der Waals surface area contributed by atoms with Gasteiger partial charge in [-0.3, -0.25) is 9.59 Å². The van der Waals surface area contributed by atoms with Crippen LogP contribution in [-0.2, 0) is 9.59 Å². The number of fused-ring (bicyclic) bond motifs is 3. The van der Waals surface area contributed by atoms with Crippen LogP contribution in [0, 0.1) is 5.92 Å². The van der Waals surface area contributed by atoms with Gasteiger partial charge in [0.15, 0.2) is 11.5 Å². The molecular weight excluding hydrogens is 420 g/mol. The molecule has 166 valence electrons. The number of hydrogen-bond acceptors (Lipinski definition) is 5. The number of carbonyl (C=O) groups is 2. The lowest BCUT2D eigenvalue weighted by Crippen LogP contribution is -2.35. The third-order valence-electron chi connectivity index (χ3n) is 6.38. The van der Waals surface area contributed by atoms with E-state index >= 15 is 0 Å². The molecule has 7 nitrogen and oxygen atoms in total. The Bertz CT molecular complexity index is 1210. The maximum Gasteiger partial charge on any atom is 0.232 e. The second kappa shape index (κ2) is 7.85. The van der Waals surface area contributed by atoms with E-state index in [0.29, 0.717) is 42.5 Å². The van der Waals surface area contributed by atoms with Crippen molar-refractivity contribution in [3.8, 4) is 23.0 Å². The molecule has 1 N–H and O–H groups in total. The number of nitrogens with one attached hydrogen (secondary N) is 1.